The van der Waals surface area contributed by atoms with E-state index >= 15 is 0 Å². The van der Waals surface area contributed by atoms with Crippen molar-refractivity contribution in [2.24, 2.45) is 0 Å². The fourth-order valence-corrected chi connectivity index (χ4v) is 2.46. The lowest BCUT2D eigenvalue weighted by Crippen LogP contribution is -2.14. The average Bonchev–Trinajstić information content (AvgIpc) is 2.48. The maximum atomic E-state index is 12.1. The smallest absolute Gasteiger partial charge is 0.162 e. The maximum absolute atomic E-state index is 12.1. The average molecular weight is 383 g/mol. The molecule has 22 heavy (non-hydrogen) atoms. The Labute approximate surface area is 147 Å². The highest BCUT2D eigenvalue weighted by molar-refractivity contribution is 9.10. The van der Waals surface area contributed by atoms with E-state index in [1.807, 2.05) is 50.5 Å². The minimum atomic E-state index is 0. The number of carbonyl (C=O) groups is 1. The Morgan fingerprint density at radius 3 is 1.95 bits per heavy atom. The molecule has 4 heteroatoms. The summed E-state index contributed by atoms with van der Waals surface area (Å²) >= 11 is 3.43. The third-order valence-corrected chi connectivity index (χ3v) is 3.92. The van der Waals surface area contributed by atoms with E-state index in [1.165, 1.54) is 0 Å². The van der Waals surface area contributed by atoms with Crippen LogP contribution in [0, 0.1) is 0 Å². The van der Waals surface area contributed by atoms with E-state index in [1.54, 1.807) is 0 Å². The van der Waals surface area contributed by atoms with Crippen LogP contribution in [0.25, 0.3) is 11.1 Å². The summed E-state index contributed by atoms with van der Waals surface area (Å²) in [5, 5.41) is 0. The predicted octanol–water partition coefficient (Wildman–Crippen LogP) is 5.06. The molecule has 0 aliphatic rings. The van der Waals surface area contributed by atoms with Crippen molar-refractivity contribution in [3.63, 3.8) is 0 Å². The molecule has 2 aromatic carbocycles. The molecule has 2 rings (SSSR count). The minimum Gasteiger partial charge on any atom is -0.309 e. The van der Waals surface area contributed by atoms with Crippen molar-refractivity contribution >= 4 is 34.1 Å². The first-order valence-corrected chi connectivity index (χ1v) is 7.89. The topological polar surface area (TPSA) is 20.3 Å². The number of carbonyl (C=O) groups excluding carboxylic acids is 1. The number of benzene rings is 2. The van der Waals surface area contributed by atoms with Crippen LogP contribution in [-0.4, -0.2) is 31.3 Å². The van der Waals surface area contributed by atoms with Gasteiger partial charge >= 0.3 is 0 Å². The second-order valence-corrected chi connectivity index (χ2v) is 6.33. The molecule has 0 aliphatic carbocycles. The van der Waals surface area contributed by atoms with Crippen LogP contribution in [0.3, 0.4) is 0 Å². The van der Waals surface area contributed by atoms with Crippen molar-refractivity contribution in [3.05, 3.63) is 58.6 Å². The predicted molar refractivity (Wildman–Crippen MR) is 98.9 cm³/mol. The van der Waals surface area contributed by atoms with Gasteiger partial charge in [0.25, 0.3) is 0 Å². The maximum Gasteiger partial charge on any atom is 0.162 e. The molecule has 0 spiro atoms. The molecule has 0 aliphatic heterocycles. The van der Waals surface area contributed by atoms with Gasteiger partial charge in [-0.3, -0.25) is 4.79 Å². The fourth-order valence-electron chi connectivity index (χ4n) is 2.19. The molecule has 0 radical (unpaired) electrons. The van der Waals surface area contributed by atoms with Gasteiger partial charge in [0, 0.05) is 16.5 Å². The molecule has 0 aromatic heterocycles. The molecule has 118 valence electrons. The monoisotopic (exact) mass is 381 g/mol. The van der Waals surface area contributed by atoms with Crippen molar-refractivity contribution in [3.8, 4) is 11.1 Å². The number of ketones is 1. The summed E-state index contributed by atoms with van der Waals surface area (Å²) in [7, 11) is 4.05. The summed E-state index contributed by atoms with van der Waals surface area (Å²) in [6.45, 7) is 0.947. The van der Waals surface area contributed by atoms with E-state index in [2.05, 4.69) is 33.0 Å². The van der Waals surface area contributed by atoms with Gasteiger partial charge in [0.2, 0.25) is 0 Å². The van der Waals surface area contributed by atoms with Crippen LogP contribution < -0.4 is 0 Å². The zero-order valence-corrected chi connectivity index (χ0v) is 15.3. The van der Waals surface area contributed by atoms with E-state index in [0.29, 0.717) is 6.42 Å². The first kappa shape index (κ1) is 18.9. The third-order valence-electron chi connectivity index (χ3n) is 3.39. The first-order valence-electron chi connectivity index (χ1n) is 7.10. The Morgan fingerprint density at radius 1 is 0.955 bits per heavy atom. The molecule has 2 nitrogen and oxygen atoms in total. The molecule has 0 unspecified atom stereocenters. The van der Waals surface area contributed by atoms with Crippen LogP contribution in [0.2, 0.25) is 0 Å². The lowest BCUT2D eigenvalue weighted by atomic mass is 10.0. The number of rotatable bonds is 6. The molecule has 0 atom stereocenters. The van der Waals surface area contributed by atoms with Crippen molar-refractivity contribution in [1.29, 1.82) is 0 Å². The third kappa shape index (κ3) is 5.56. The molecule has 0 saturated carbocycles. The van der Waals surface area contributed by atoms with E-state index in [0.717, 1.165) is 34.1 Å². The van der Waals surface area contributed by atoms with E-state index in [4.69, 9.17) is 0 Å². The molecule has 0 amide bonds. The molecule has 0 fully saturated rings. The van der Waals surface area contributed by atoms with Crippen LogP contribution in [-0.2, 0) is 0 Å². The van der Waals surface area contributed by atoms with Gasteiger partial charge in [-0.25, -0.2) is 0 Å². The van der Waals surface area contributed by atoms with Gasteiger partial charge in [-0.1, -0.05) is 52.3 Å². The van der Waals surface area contributed by atoms with Crippen molar-refractivity contribution in [2.45, 2.75) is 12.8 Å². The zero-order valence-electron chi connectivity index (χ0n) is 12.9. The van der Waals surface area contributed by atoms with Crippen LogP contribution in [0.1, 0.15) is 23.2 Å². The summed E-state index contributed by atoms with van der Waals surface area (Å²) in [6, 6.07) is 16.1. The van der Waals surface area contributed by atoms with Crippen LogP contribution >= 0.6 is 28.3 Å². The van der Waals surface area contributed by atoms with Gasteiger partial charge in [0.15, 0.2) is 5.78 Å². The standard InChI is InChI=1S/C18H20BrNO.ClH/c1-20(2)13-3-4-18(21)16-7-5-14(6-8-16)15-9-11-17(19)12-10-15;/h5-12H,3-4,13H2,1-2H3;1H. The summed E-state index contributed by atoms with van der Waals surface area (Å²) in [5.41, 5.74) is 3.09. The number of nitrogens with zero attached hydrogens (tertiary/aromatic N) is 1. The quantitative estimate of drug-likeness (QED) is 0.651. The Hall–Kier alpha value is -1.16. The van der Waals surface area contributed by atoms with E-state index in [9.17, 15) is 4.79 Å². The van der Waals surface area contributed by atoms with E-state index < -0.39 is 0 Å². The van der Waals surface area contributed by atoms with Gasteiger partial charge in [-0.05, 0) is 50.3 Å². The summed E-state index contributed by atoms with van der Waals surface area (Å²) in [6.07, 6.45) is 1.51. The molecule has 0 N–H and O–H groups in total. The molecule has 0 saturated heterocycles. The van der Waals surface area contributed by atoms with Gasteiger partial charge in [0.1, 0.15) is 0 Å². The molecule has 0 heterocycles. The Morgan fingerprint density at radius 2 is 1.45 bits per heavy atom. The van der Waals surface area contributed by atoms with Gasteiger partial charge in [0.05, 0.1) is 0 Å². The Bertz CT molecular complexity index is 593. The fraction of sp³-hybridized carbons (Fsp3) is 0.278. The lowest BCUT2D eigenvalue weighted by Gasteiger charge is -2.08. The summed E-state index contributed by atoms with van der Waals surface area (Å²) < 4.78 is 1.07. The zero-order chi connectivity index (χ0) is 15.2. The van der Waals surface area contributed by atoms with E-state index in [-0.39, 0.29) is 18.2 Å². The number of halogens is 2. The van der Waals surface area contributed by atoms with Crippen molar-refractivity contribution in [1.82, 2.24) is 4.90 Å². The van der Waals surface area contributed by atoms with Gasteiger partial charge in [-0.2, -0.15) is 0 Å². The van der Waals surface area contributed by atoms with Crippen LogP contribution in [0.5, 0.6) is 0 Å². The highest BCUT2D eigenvalue weighted by atomic mass is 79.9. The molecule has 0 bridgehead atoms. The first-order chi connectivity index (χ1) is 10.1. The van der Waals surface area contributed by atoms with Crippen LogP contribution in [0.4, 0.5) is 0 Å². The lowest BCUT2D eigenvalue weighted by molar-refractivity contribution is 0.0977. The highest BCUT2D eigenvalue weighted by Gasteiger charge is 2.06. The second-order valence-electron chi connectivity index (χ2n) is 5.41. The Balaban J connectivity index is 0.00000242. The summed E-state index contributed by atoms with van der Waals surface area (Å²) in [5.74, 6) is 0.221. The second kappa shape index (κ2) is 9.09. The number of hydrogen-bond acceptors (Lipinski definition) is 2. The number of hydrogen-bond donors (Lipinski definition) is 0. The normalized spacial score (nSPS) is 10.4. The highest BCUT2D eigenvalue weighted by Crippen LogP contribution is 2.22. The minimum absolute atomic E-state index is 0. The largest absolute Gasteiger partial charge is 0.309 e. The van der Waals surface area contributed by atoms with Crippen molar-refractivity contribution < 1.29 is 4.79 Å². The summed E-state index contributed by atoms with van der Waals surface area (Å²) in [4.78, 5) is 14.2. The molecular weight excluding hydrogens is 362 g/mol. The van der Waals surface area contributed by atoms with Gasteiger partial charge < -0.3 is 4.90 Å². The molecule has 2 aromatic rings. The number of Topliss-reactive ketones (excluding diaryl/α,β-unsaturated/α-hetero) is 1. The van der Waals surface area contributed by atoms with Gasteiger partial charge in [-0.15, -0.1) is 12.4 Å². The molecular formula is C18H21BrClNO. The van der Waals surface area contributed by atoms with Crippen molar-refractivity contribution in [2.75, 3.05) is 20.6 Å². The van der Waals surface area contributed by atoms with Crippen LogP contribution in [0.15, 0.2) is 53.0 Å². The Kier molecular flexibility index (Phi) is 7.80. The SMILES string of the molecule is CN(C)CCCC(=O)c1ccc(-c2ccc(Br)cc2)cc1.Cl.